The van der Waals surface area contributed by atoms with E-state index in [2.05, 4.69) is 0 Å². The van der Waals surface area contributed by atoms with Crippen LogP contribution in [0.15, 0.2) is 0 Å². The lowest BCUT2D eigenvalue weighted by molar-refractivity contribution is -0.181. The van der Waals surface area contributed by atoms with Gasteiger partial charge in [0, 0.05) is 0 Å². The van der Waals surface area contributed by atoms with Gasteiger partial charge in [0.15, 0.2) is 0 Å². The van der Waals surface area contributed by atoms with Crippen LogP contribution in [0.5, 0.6) is 0 Å². The maximum atomic E-state index is 9.08. The van der Waals surface area contributed by atoms with E-state index in [-0.39, 0.29) is 6.61 Å². The van der Waals surface area contributed by atoms with Crippen LogP contribution < -0.4 is 0 Å². The first-order chi connectivity index (χ1) is 4.63. The molecule has 4 atom stereocenters. The summed E-state index contributed by atoms with van der Waals surface area (Å²) in [5.41, 5.74) is 0. The van der Waals surface area contributed by atoms with E-state index in [1.54, 1.807) is 6.92 Å². The van der Waals surface area contributed by atoms with Crippen LogP contribution in [0.2, 0.25) is 0 Å². The Bertz CT molecular complexity index is 102. The van der Waals surface area contributed by atoms with Crippen LogP contribution >= 0.6 is 0 Å². The predicted molar refractivity (Wildman–Crippen MR) is 33.4 cm³/mol. The largest absolute Gasteiger partial charge is 0.388 e. The number of aliphatic hydroxyl groups is 3. The molecule has 0 saturated carbocycles. The second kappa shape index (κ2) is 2.84. The first kappa shape index (κ1) is 7.94. The van der Waals surface area contributed by atoms with Crippen LogP contribution in [0.4, 0.5) is 0 Å². The summed E-state index contributed by atoms with van der Waals surface area (Å²) < 4.78 is 4.91. The van der Waals surface area contributed by atoms with Crippen molar-refractivity contribution in [3.05, 3.63) is 0 Å². The van der Waals surface area contributed by atoms with Crippen LogP contribution in [0, 0.1) is 0 Å². The summed E-state index contributed by atoms with van der Waals surface area (Å²) in [6.45, 7) is 1.75. The molecule has 1 aliphatic heterocycles. The minimum Gasteiger partial charge on any atom is -0.388 e. The lowest BCUT2D eigenvalue weighted by Gasteiger charge is -2.33. The number of hydrogen-bond acceptors (Lipinski definition) is 4. The van der Waals surface area contributed by atoms with Gasteiger partial charge in [0.2, 0.25) is 0 Å². The molecule has 1 saturated heterocycles. The van der Waals surface area contributed by atoms with Gasteiger partial charge in [0.05, 0.1) is 12.7 Å². The third-order valence-corrected chi connectivity index (χ3v) is 1.75. The van der Waals surface area contributed by atoms with Crippen molar-refractivity contribution in [3.63, 3.8) is 0 Å². The van der Waals surface area contributed by atoms with Crippen molar-refractivity contribution >= 4 is 0 Å². The van der Waals surface area contributed by atoms with Crippen molar-refractivity contribution in [2.45, 2.75) is 31.3 Å². The summed E-state index contributed by atoms with van der Waals surface area (Å²) >= 11 is 0. The minimum absolute atomic E-state index is 0.0966. The van der Waals surface area contributed by atoms with Crippen molar-refractivity contribution in [2.75, 3.05) is 6.61 Å². The van der Waals surface area contributed by atoms with Gasteiger partial charge in [-0.3, -0.25) is 0 Å². The molecule has 1 rings (SSSR count). The van der Waals surface area contributed by atoms with E-state index >= 15 is 0 Å². The van der Waals surface area contributed by atoms with E-state index in [1.165, 1.54) is 0 Å². The first-order valence-corrected chi connectivity index (χ1v) is 3.28. The molecule has 3 N–H and O–H groups in total. The Balaban J connectivity index is 2.52. The van der Waals surface area contributed by atoms with Crippen LogP contribution in [-0.4, -0.2) is 46.3 Å². The van der Waals surface area contributed by atoms with Crippen LogP contribution in [0.3, 0.4) is 0 Å². The highest BCUT2D eigenvalue weighted by molar-refractivity contribution is 4.83. The molecule has 60 valence electrons. The topological polar surface area (TPSA) is 69.9 Å². The standard InChI is InChI=1S/C6H12O4/c1-3-5(8)6(9)4(7)2-10-3/h3-9H,2H2,1H3/t3?,4-,5+,6+/m0/s1. The molecule has 0 radical (unpaired) electrons. The van der Waals surface area contributed by atoms with E-state index in [1.807, 2.05) is 0 Å². The molecule has 0 aromatic rings. The summed E-state index contributed by atoms with van der Waals surface area (Å²) in [4.78, 5) is 0. The fourth-order valence-corrected chi connectivity index (χ4v) is 0.953. The summed E-state index contributed by atoms with van der Waals surface area (Å²) in [7, 11) is 0. The monoisotopic (exact) mass is 148 g/mol. The van der Waals surface area contributed by atoms with E-state index in [0.29, 0.717) is 0 Å². The lowest BCUT2D eigenvalue weighted by atomic mass is 10.0. The Morgan fingerprint density at radius 1 is 1.20 bits per heavy atom. The van der Waals surface area contributed by atoms with Gasteiger partial charge in [-0.15, -0.1) is 0 Å². The first-order valence-electron chi connectivity index (χ1n) is 3.28. The van der Waals surface area contributed by atoms with Crippen molar-refractivity contribution in [1.82, 2.24) is 0 Å². The highest BCUT2D eigenvalue weighted by atomic mass is 16.5. The Kier molecular flexibility index (Phi) is 2.25. The van der Waals surface area contributed by atoms with Crippen LogP contribution in [-0.2, 0) is 4.74 Å². The normalized spacial score (nSPS) is 49.2. The third kappa shape index (κ3) is 1.29. The molecule has 0 bridgehead atoms. The van der Waals surface area contributed by atoms with Gasteiger partial charge in [0.25, 0.3) is 0 Å². The minimum atomic E-state index is -1.07. The fraction of sp³-hybridized carbons (Fsp3) is 1.00. The number of ether oxygens (including phenoxy) is 1. The SMILES string of the molecule is CC1OC[C@H](O)[C@@H](O)[C@@H]1O. The van der Waals surface area contributed by atoms with Crippen molar-refractivity contribution in [1.29, 1.82) is 0 Å². The highest BCUT2D eigenvalue weighted by Crippen LogP contribution is 2.14. The molecule has 0 aromatic carbocycles. The fourth-order valence-electron chi connectivity index (χ4n) is 0.953. The van der Waals surface area contributed by atoms with Gasteiger partial charge >= 0.3 is 0 Å². The zero-order valence-corrected chi connectivity index (χ0v) is 5.77. The molecule has 10 heavy (non-hydrogen) atoms. The molecule has 0 aliphatic carbocycles. The number of rotatable bonds is 0. The molecule has 0 amide bonds. The molecule has 1 unspecified atom stereocenters. The smallest absolute Gasteiger partial charge is 0.110 e. The average Bonchev–Trinajstić information content (AvgIpc) is 1.93. The van der Waals surface area contributed by atoms with Gasteiger partial charge in [-0.2, -0.15) is 0 Å². The number of aliphatic hydroxyl groups excluding tert-OH is 3. The quantitative estimate of drug-likeness (QED) is 0.390. The van der Waals surface area contributed by atoms with Gasteiger partial charge < -0.3 is 20.1 Å². The average molecular weight is 148 g/mol. The van der Waals surface area contributed by atoms with Crippen molar-refractivity contribution in [3.8, 4) is 0 Å². The zero-order chi connectivity index (χ0) is 7.72. The molecule has 0 aromatic heterocycles. The molecule has 0 spiro atoms. The van der Waals surface area contributed by atoms with Crippen molar-refractivity contribution < 1.29 is 20.1 Å². The molecule has 1 aliphatic rings. The Hall–Kier alpha value is -0.160. The van der Waals surface area contributed by atoms with Gasteiger partial charge in [-0.1, -0.05) is 0 Å². The van der Waals surface area contributed by atoms with Gasteiger partial charge in [-0.25, -0.2) is 0 Å². The summed E-state index contributed by atoms with van der Waals surface area (Å²) in [5, 5.41) is 27.0. The Labute approximate surface area is 59.1 Å². The molecule has 4 nitrogen and oxygen atoms in total. The van der Waals surface area contributed by atoms with E-state index in [9.17, 15) is 0 Å². The lowest BCUT2D eigenvalue weighted by Crippen LogP contribution is -2.51. The van der Waals surface area contributed by atoms with Crippen molar-refractivity contribution in [2.24, 2.45) is 0 Å². The Morgan fingerprint density at radius 3 is 2.30 bits per heavy atom. The maximum absolute atomic E-state index is 9.08. The van der Waals surface area contributed by atoms with Gasteiger partial charge in [0.1, 0.15) is 18.3 Å². The van der Waals surface area contributed by atoms with Crippen LogP contribution in [0.25, 0.3) is 0 Å². The molecule has 1 fully saturated rings. The second-order valence-corrected chi connectivity index (χ2v) is 2.59. The second-order valence-electron chi connectivity index (χ2n) is 2.59. The molecule has 1 heterocycles. The third-order valence-electron chi connectivity index (χ3n) is 1.75. The molecular formula is C6H12O4. The molecular weight excluding hydrogens is 136 g/mol. The number of hydrogen-bond donors (Lipinski definition) is 3. The predicted octanol–water partition coefficient (Wildman–Crippen LogP) is -1.51. The summed E-state index contributed by atoms with van der Waals surface area (Å²) in [6.07, 6.45) is -3.38. The summed E-state index contributed by atoms with van der Waals surface area (Å²) in [6, 6.07) is 0. The summed E-state index contributed by atoms with van der Waals surface area (Å²) in [5.74, 6) is 0. The van der Waals surface area contributed by atoms with Crippen LogP contribution in [0.1, 0.15) is 6.92 Å². The zero-order valence-electron chi connectivity index (χ0n) is 5.77. The van der Waals surface area contributed by atoms with E-state index in [0.717, 1.165) is 0 Å². The molecule has 4 heteroatoms. The van der Waals surface area contributed by atoms with E-state index in [4.69, 9.17) is 20.1 Å². The van der Waals surface area contributed by atoms with E-state index < -0.39 is 24.4 Å². The van der Waals surface area contributed by atoms with Gasteiger partial charge in [-0.05, 0) is 6.92 Å². The highest BCUT2D eigenvalue weighted by Gasteiger charge is 2.34. The Morgan fingerprint density at radius 2 is 1.80 bits per heavy atom. The maximum Gasteiger partial charge on any atom is 0.110 e.